The van der Waals surface area contributed by atoms with E-state index < -0.39 is 12.1 Å². The highest BCUT2D eigenvalue weighted by atomic mass is 35.5. The number of hydrogen-bond donors (Lipinski definition) is 0. The van der Waals surface area contributed by atoms with E-state index in [-0.39, 0.29) is 0 Å². The van der Waals surface area contributed by atoms with Crippen LogP contribution in [0, 0.1) is 0 Å². The molecule has 3 aromatic rings. The van der Waals surface area contributed by atoms with Gasteiger partial charge in [0.2, 0.25) is 0 Å². The summed E-state index contributed by atoms with van der Waals surface area (Å²) >= 11 is 5.99. The number of fused-ring (bicyclic) bond motifs is 1. The Morgan fingerprint density at radius 3 is 2.81 bits per heavy atom. The Balaban J connectivity index is 1.81. The van der Waals surface area contributed by atoms with Gasteiger partial charge in [0.1, 0.15) is 5.75 Å². The van der Waals surface area contributed by atoms with Crippen molar-refractivity contribution in [2.75, 3.05) is 18.6 Å². The second-order valence-corrected chi connectivity index (χ2v) is 6.37. The number of benzene rings is 2. The largest absolute Gasteiger partial charge is 0.479 e. The summed E-state index contributed by atoms with van der Waals surface area (Å²) in [5, 5.41) is 0.624. The van der Waals surface area contributed by atoms with Gasteiger partial charge in [0.05, 0.1) is 23.8 Å². The predicted molar refractivity (Wildman–Crippen MR) is 106 cm³/mol. The van der Waals surface area contributed by atoms with Crippen molar-refractivity contribution in [1.82, 2.24) is 9.97 Å². The van der Waals surface area contributed by atoms with Crippen LogP contribution in [0.4, 0.5) is 11.5 Å². The minimum Gasteiger partial charge on any atom is -0.479 e. The van der Waals surface area contributed by atoms with Crippen LogP contribution in [0.1, 0.15) is 13.8 Å². The number of carbonyl (C=O) groups is 1. The number of aromatic nitrogens is 2. The molecule has 0 amide bonds. The van der Waals surface area contributed by atoms with Crippen LogP contribution in [0.5, 0.6) is 5.75 Å². The van der Waals surface area contributed by atoms with Crippen molar-refractivity contribution in [3.63, 3.8) is 0 Å². The molecule has 140 valence electrons. The summed E-state index contributed by atoms with van der Waals surface area (Å²) in [5.74, 6) is 0.858. The van der Waals surface area contributed by atoms with Gasteiger partial charge in [-0.3, -0.25) is 4.98 Å². The van der Waals surface area contributed by atoms with Crippen LogP contribution in [0.3, 0.4) is 0 Å². The number of esters is 1. The van der Waals surface area contributed by atoms with E-state index in [4.69, 9.17) is 21.1 Å². The highest BCUT2D eigenvalue weighted by Crippen LogP contribution is 2.27. The van der Waals surface area contributed by atoms with E-state index in [1.807, 2.05) is 36.2 Å². The van der Waals surface area contributed by atoms with Crippen LogP contribution in [-0.2, 0) is 9.53 Å². The van der Waals surface area contributed by atoms with E-state index in [1.165, 1.54) is 0 Å². The second kappa shape index (κ2) is 8.22. The third-order valence-electron chi connectivity index (χ3n) is 3.97. The van der Waals surface area contributed by atoms with Crippen molar-refractivity contribution in [3.05, 3.63) is 53.7 Å². The van der Waals surface area contributed by atoms with E-state index in [1.54, 1.807) is 38.2 Å². The zero-order valence-corrected chi connectivity index (χ0v) is 16.1. The summed E-state index contributed by atoms with van der Waals surface area (Å²) in [4.78, 5) is 22.7. The van der Waals surface area contributed by atoms with Gasteiger partial charge in [-0.25, -0.2) is 9.78 Å². The quantitative estimate of drug-likeness (QED) is 0.586. The molecule has 0 aliphatic heterocycles. The average molecular weight is 386 g/mol. The Morgan fingerprint density at radius 2 is 2.04 bits per heavy atom. The highest BCUT2D eigenvalue weighted by molar-refractivity contribution is 6.31. The minimum atomic E-state index is -0.685. The fourth-order valence-corrected chi connectivity index (χ4v) is 2.71. The number of anilines is 2. The first-order valence-corrected chi connectivity index (χ1v) is 8.95. The highest BCUT2D eigenvalue weighted by Gasteiger charge is 2.16. The predicted octanol–water partition coefficient (Wildman–Crippen LogP) is 4.38. The molecule has 1 heterocycles. The van der Waals surface area contributed by atoms with Gasteiger partial charge in [0, 0.05) is 23.8 Å². The maximum Gasteiger partial charge on any atom is 0.347 e. The maximum atomic E-state index is 11.8. The van der Waals surface area contributed by atoms with E-state index in [0.717, 1.165) is 16.7 Å². The fraction of sp³-hybridized carbons (Fsp3) is 0.250. The lowest BCUT2D eigenvalue weighted by Crippen LogP contribution is -2.26. The van der Waals surface area contributed by atoms with Gasteiger partial charge in [-0.2, -0.15) is 0 Å². The molecule has 0 saturated carbocycles. The second-order valence-electron chi connectivity index (χ2n) is 5.93. The molecular weight excluding hydrogens is 366 g/mol. The standard InChI is InChI=1S/C20H20ClN3O3/c1-4-26-20(25)13(2)27-16-7-5-6-15(11-16)24(3)19-12-22-18-10-14(21)8-9-17(18)23-19/h5-13H,4H2,1-3H3. The SMILES string of the molecule is CCOC(=O)C(C)Oc1cccc(N(C)c2cnc3cc(Cl)ccc3n2)c1. The Bertz CT molecular complexity index is 964. The number of halogens is 1. The van der Waals surface area contributed by atoms with Gasteiger partial charge in [-0.05, 0) is 44.2 Å². The van der Waals surface area contributed by atoms with Crippen LogP contribution in [0.25, 0.3) is 11.0 Å². The van der Waals surface area contributed by atoms with Crippen LogP contribution in [0.15, 0.2) is 48.7 Å². The van der Waals surface area contributed by atoms with Gasteiger partial charge in [-0.15, -0.1) is 0 Å². The average Bonchev–Trinajstić information content (AvgIpc) is 2.67. The molecule has 1 unspecified atom stereocenters. The Labute approximate surface area is 162 Å². The summed E-state index contributed by atoms with van der Waals surface area (Å²) in [7, 11) is 1.89. The smallest absolute Gasteiger partial charge is 0.347 e. The first kappa shape index (κ1) is 18.9. The molecule has 0 aliphatic carbocycles. The number of rotatable bonds is 6. The van der Waals surface area contributed by atoms with E-state index in [2.05, 4.69) is 9.97 Å². The molecule has 0 radical (unpaired) electrons. The van der Waals surface area contributed by atoms with Crippen LogP contribution >= 0.6 is 11.6 Å². The molecule has 0 spiro atoms. The van der Waals surface area contributed by atoms with Crippen LogP contribution < -0.4 is 9.64 Å². The monoisotopic (exact) mass is 385 g/mol. The van der Waals surface area contributed by atoms with Crippen LogP contribution in [0.2, 0.25) is 5.02 Å². The summed E-state index contributed by atoms with van der Waals surface area (Å²) in [5.41, 5.74) is 2.35. The molecule has 7 heteroatoms. The van der Waals surface area contributed by atoms with Crippen molar-refractivity contribution < 1.29 is 14.3 Å². The van der Waals surface area contributed by atoms with Gasteiger partial charge in [0.15, 0.2) is 11.9 Å². The van der Waals surface area contributed by atoms with E-state index >= 15 is 0 Å². The van der Waals surface area contributed by atoms with Crippen molar-refractivity contribution >= 4 is 40.1 Å². The van der Waals surface area contributed by atoms with Gasteiger partial charge < -0.3 is 14.4 Å². The summed E-state index contributed by atoms with van der Waals surface area (Å²) in [6, 6.07) is 12.8. The Morgan fingerprint density at radius 1 is 1.22 bits per heavy atom. The van der Waals surface area contributed by atoms with Crippen molar-refractivity contribution in [2.24, 2.45) is 0 Å². The topological polar surface area (TPSA) is 64.6 Å². The van der Waals surface area contributed by atoms with Gasteiger partial charge in [0.25, 0.3) is 0 Å². The Kier molecular flexibility index (Phi) is 5.76. The molecule has 1 aromatic heterocycles. The first-order valence-electron chi connectivity index (χ1n) is 8.57. The van der Waals surface area contributed by atoms with Crippen molar-refractivity contribution in [2.45, 2.75) is 20.0 Å². The summed E-state index contributed by atoms with van der Waals surface area (Å²) in [6.45, 7) is 3.74. The normalized spacial score (nSPS) is 11.9. The fourth-order valence-electron chi connectivity index (χ4n) is 2.55. The summed E-state index contributed by atoms with van der Waals surface area (Å²) in [6.07, 6.45) is 1.00. The summed E-state index contributed by atoms with van der Waals surface area (Å²) < 4.78 is 10.7. The van der Waals surface area contributed by atoms with Crippen LogP contribution in [-0.4, -0.2) is 35.7 Å². The first-order chi connectivity index (χ1) is 13.0. The molecule has 0 saturated heterocycles. The molecule has 2 aromatic carbocycles. The minimum absolute atomic E-state index is 0.321. The number of carbonyl (C=O) groups excluding carboxylic acids is 1. The zero-order valence-electron chi connectivity index (χ0n) is 15.3. The number of hydrogen-bond acceptors (Lipinski definition) is 6. The number of nitrogens with zero attached hydrogens (tertiary/aromatic N) is 3. The van der Waals surface area contributed by atoms with Gasteiger partial charge >= 0.3 is 5.97 Å². The lowest BCUT2D eigenvalue weighted by Gasteiger charge is -2.20. The molecule has 0 N–H and O–H groups in total. The molecule has 0 aliphatic rings. The molecule has 27 heavy (non-hydrogen) atoms. The molecule has 6 nitrogen and oxygen atoms in total. The number of ether oxygens (including phenoxy) is 2. The Hall–Kier alpha value is -2.86. The third kappa shape index (κ3) is 4.46. The maximum absolute atomic E-state index is 11.8. The van der Waals surface area contributed by atoms with Gasteiger partial charge in [-0.1, -0.05) is 17.7 Å². The molecular formula is C20H20ClN3O3. The molecule has 0 bridgehead atoms. The molecule has 0 fully saturated rings. The van der Waals surface area contributed by atoms with E-state index in [0.29, 0.717) is 23.2 Å². The zero-order chi connectivity index (χ0) is 19.4. The van der Waals surface area contributed by atoms with Crippen molar-refractivity contribution in [3.8, 4) is 5.75 Å². The molecule has 3 rings (SSSR count). The van der Waals surface area contributed by atoms with E-state index in [9.17, 15) is 4.79 Å². The molecule has 1 atom stereocenters. The van der Waals surface area contributed by atoms with Crippen molar-refractivity contribution in [1.29, 1.82) is 0 Å². The third-order valence-corrected chi connectivity index (χ3v) is 4.21. The lowest BCUT2D eigenvalue weighted by molar-refractivity contribution is -0.150. The lowest BCUT2D eigenvalue weighted by atomic mass is 10.2.